The van der Waals surface area contributed by atoms with Crippen LogP contribution in [0.1, 0.15) is 53.1 Å². The molecule has 0 aliphatic heterocycles. The largest absolute Gasteiger partial charge is 0.465 e. The quantitative estimate of drug-likeness (QED) is 0.222. The summed E-state index contributed by atoms with van der Waals surface area (Å²) in [5.74, 6) is -1.73. The number of rotatable bonds is 7. The Hall–Kier alpha value is -1.58. The van der Waals surface area contributed by atoms with Gasteiger partial charge >= 0.3 is 12.1 Å². The molecule has 3 nitrogen and oxygen atoms in total. The molecule has 2 aromatic rings. The molecular formula is C20H18Cl2F5NO2S. The van der Waals surface area contributed by atoms with Crippen molar-refractivity contribution in [2.24, 2.45) is 5.92 Å². The molecule has 0 unspecified atom stereocenters. The highest BCUT2D eigenvalue weighted by Crippen LogP contribution is 2.41. The lowest BCUT2D eigenvalue weighted by Crippen LogP contribution is -2.22. The number of benzene rings is 1. The summed E-state index contributed by atoms with van der Waals surface area (Å²) in [5, 5.41) is 0.588. The van der Waals surface area contributed by atoms with Gasteiger partial charge in [-0.15, -0.1) is 11.8 Å². The number of alkyl halides is 5. The number of methoxy groups -OCH3 is 1. The molecule has 0 amide bonds. The number of halogens is 7. The molecule has 1 aromatic carbocycles. The highest BCUT2D eigenvalue weighted by Gasteiger charge is 2.40. The average molecular weight is 502 g/mol. The summed E-state index contributed by atoms with van der Waals surface area (Å²) >= 11 is 13.0. The Kier molecular flexibility index (Phi) is 8.58. The molecule has 0 aliphatic carbocycles. The number of pyridine rings is 1. The SMILES string of the molecule is COC(=O)c1c(C(F)F)nc(C(F)(F)F)c(CSc2cc(Cl)ccc2Cl)c1CC(C)C. The van der Waals surface area contributed by atoms with Gasteiger partial charge < -0.3 is 4.74 Å². The molecule has 0 aliphatic rings. The molecule has 0 N–H and O–H groups in total. The summed E-state index contributed by atoms with van der Waals surface area (Å²) in [6.45, 7) is 3.39. The Labute approximate surface area is 190 Å². The molecule has 0 radical (unpaired) electrons. The highest BCUT2D eigenvalue weighted by atomic mass is 35.5. The summed E-state index contributed by atoms with van der Waals surface area (Å²) < 4.78 is 73.3. The Morgan fingerprint density at radius 1 is 1.19 bits per heavy atom. The third-order valence-corrected chi connectivity index (χ3v) is 5.94. The first-order chi connectivity index (χ1) is 14.4. The topological polar surface area (TPSA) is 39.2 Å². The van der Waals surface area contributed by atoms with Crippen molar-refractivity contribution in [3.05, 3.63) is 56.3 Å². The summed E-state index contributed by atoms with van der Waals surface area (Å²) in [7, 11) is 0.967. The maximum absolute atomic E-state index is 13.8. The van der Waals surface area contributed by atoms with Crippen molar-refractivity contribution in [1.82, 2.24) is 4.98 Å². The maximum atomic E-state index is 13.8. The summed E-state index contributed by atoms with van der Waals surface area (Å²) in [4.78, 5) is 15.9. The monoisotopic (exact) mass is 501 g/mol. The van der Waals surface area contributed by atoms with E-state index >= 15 is 0 Å². The number of thioether (sulfide) groups is 1. The predicted molar refractivity (Wildman–Crippen MR) is 110 cm³/mol. The number of esters is 1. The fourth-order valence-corrected chi connectivity index (χ4v) is 4.49. The Balaban J connectivity index is 2.77. The third-order valence-electron chi connectivity index (χ3n) is 4.18. The molecular weight excluding hydrogens is 484 g/mol. The van der Waals surface area contributed by atoms with E-state index in [2.05, 4.69) is 9.72 Å². The minimum absolute atomic E-state index is 0.0606. The van der Waals surface area contributed by atoms with Crippen LogP contribution in [0.15, 0.2) is 23.1 Å². The van der Waals surface area contributed by atoms with Gasteiger partial charge in [0.2, 0.25) is 0 Å². The fraction of sp³-hybridized carbons (Fsp3) is 0.400. The number of hydrogen-bond donors (Lipinski definition) is 0. The van der Waals surface area contributed by atoms with Gasteiger partial charge in [-0.2, -0.15) is 13.2 Å². The van der Waals surface area contributed by atoms with Crippen molar-refractivity contribution in [1.29, 1.82) is 0 Å². The van der Waals surface area contributed by atoms with Gasteiger partial charge in [-0.1, -0.05) is 37.0 Å². The second-order valence-corrected chi connectivity index (χ2v) is 8.79. The average Bonchev–Trinajstić information content (AvgIpc) is 2.66. The van der Waals surface area contributed by atoms with Crippen molar-refractivity contribution in [2.75, 3.05) is 7.11 Å². The van der Waals surface area contributed by atoms with Crippen LogP contribution < -0.4 is 0 Å². The van der Waals surface area contributed by atoms with Gasteiger partial charge in [-0.3, -0.25) is 0 Å². The molecule has 1 heterocycles. The third kappa shape index (κ3) is 6.23. The first-order valence-corrected chi connectivity index (χ1v) is 10.7. The Morgan fingerprint density at radius 2 is 1.84 bits per heavy atom. The summed E-state index contributed by atoms with van der Waals surface area (Å²) in [6, 6.07) is 4.49. The highest BCUT2D eigenvalue weighted by molar-refractivity contribution is 7.98. The number of carbonyl (C=O) groups is 1. The minimum Gasteiger partial charge on any atom is -0.465 e. The van der Waals surface area contributed by atoms with Gasteiger partial charge in [0.1, 0.15) is 11.4 Å². The molecule has 170 valence electrons. The van der Waals surface area contributed by atoms with Crippen molar-refractivity contribution in [2.45, 2.75) is 43.5 Å². The molecule has 0 atom stereocenters. The van der Waals surface area contributed by atoms with Crippen molar-refractivity contribution in [3.63, 3.8) is 0 Å². The van der Waals surface area contributed by atoms with Crippen molar-refractivity contribution < 1.29 is 31.5 Å². The van der Waals surface area contributed by atoms with E-state index in [1.165, 1.54) is 18.2 Å². The zero-order valence-corrected chi connectivity index (χ0v) is 18.9. The zero-order valence-electron chi connectivity index (χ0n) is 16.6. The molecule has 31 heavy (non-hydrogen) atoms. The van der Waals surface area contributed by atoms with E-state index in [-0.39, 0.29) is 34.2 Å². The molecule has 0 saturated heterocycles. The van der Waals surface area contributed by atoms with Crippen LogP contribution in [0.25, 0.3) is 0 Å². The van der Waals surface area contributed by atoms with Gasteiger partial charge in [0.05, 0.1) is 17.7 Å². The van der Waals surface area contributed by atoms with E-state index < -0.39 is 35.5 Å². The van der Waals surface area contributed by atoms with Gasteiger partial charge in [-0.25, -0.2) is 18.6 Å². The standard InChI is InChI=1S/C20H18Cl2F5NO2S/c1-9(2)6-11-12(8-31-14-7-10(21)4-5-13(14)22)17(20(25,26)27)28-16(18(23)24)15(11)19(29)30-3/h4-5,7,9,18H,6,8H2,1-3H3. The van der Waals surface area contributed by atoms with E-state index in [9.17, 15) is 26.7 Å². The molecule has 11 heteroatoms. The molecule has 0 saturated carbocycles. The molecule has 0 fully saturated rings. The number of nitrogens with zero attached hydrogens (tertiary/aromatic N) is 1. The second-order valence-electron chi connectivity index (χ2n) is 6.93. The number of aromatic nitrogens is 1. The molecule has 1 aromatic heterocycles. The summed E-state index contributed by atoms with van der Waals surface area (Å²) in [5.41, 5.74) is -3.87. The molecule has 2 rings (SSSR count). The van der Waals surface area contributed by atoms with Crippen LogP contribution >= 0.6 is 35.0 Å². The second kappa shape index (κ2) is 10.4. The van der Waals surface area contributed by atoms with Crippen molar-refractivity contribution in [3.8, 4) is 0 Å². The van der Waals surface area contributed by atoms with Crippen LogP contribution in [-0.4, -0.2) is 18.1 Å². The normalized spacial score (nSPS) is 12.0. The maximum Gasteiger partial charge on any atom is 0.433 e. The minimum atomic E-state index is -5.02. The van der Waals surface area contributed by atoms with Crippen LogP contribution in [0.2, 0.25) is 10.0 Å². The Morgan fingerprint density at radius 3 is 2.35 bits per heavy atom. The van der Waals surface area contributed by atoms with E-state index in [0.717, 1.165) is 18.9 Å². The smallest absolute Gasteiger partial charge is 0.433 e. The van der Waals surface area contributed by atoms with Crippen LogP contribution in [0, 0.1) is 5.92 Å². The van der Waals surface area contributed by atoms with Crippen LogP contribution in [0.5, 0.6) is 0 Å². The lowest BCUT2D eigenvalue weighted by atomic mass is 9.91. The zero-order chi connectivity index (χ0) is 23.5. The van der Waals surface area contributed by atoms with E-state index in [0.29, 0.717) is 9.92 Å². The van der Waals surface area contributed by atoms with E-state index in [1.807, 2.05) is 0 Å². The van der Waals surface area contributed by atoms with Gasteiger partial charge in [0.25, 0.3) is 6.43 Å². The van der Waals surface area contributed by atoms with Gasteiger partial charge in [-0.05, 0) is 41.7 Å². The first-order valence-electron chi connectivity index (χ1n) is 8.93. The van der Waals surface area contributed by atoms with Crippen molar-refractivity contribution >= 4 is 40.9 Å². The number of carbonyl (C=O) groups excluding carboxylic acids is 1. The fourth-order valence-electron chi connectivity index (χ4n) is 2.94. The number of hydrogen-bond acceptors (Lipinski definition) is 4. The predicted octanol–water partition coefficient (Wildman–Crippen LogP) is 7.62. The van der Waals surface area contributed by atoms with Crippen LogP contribution in [0.4, 0.5) is 22.0 Å². The van der Waals surface area contributed by atoms with Gasteiger partial charge in [0, 0.05) is 15.7 Å². The lowest BCUT2D eigenvalue weighted by molar-refractivity contribution is -0.142. The van der Waals surface area contributed by atoms with E-state index in [1.54, 1.807) is 13.8 Å². The van der Waals surface area contributed by atoms with E-state index in [4.69, 9.17) is 23.2 Å². The molecule has 0 bridgehead atoms. The number of ether oxygens (including phenoxy) is 1. The summed E-state index contributed by atoms with van der Waals surface area (Å²) in [6.07, 6.45) is -8.47. The van der Waals surface area contributed by atoms with Crippen LogP contribution in [0.3, 0.4) is 0 Å². The van der Waals surface area contributed by atoms with Crippen LogP contribution in [-0.2, 0) is 23.1 Å². The van der Waals surface area contributed by atoms with Gasteiger partial charge in [0.15, 0.2) is 0 Å². The first kappa shape index (κ1) is 25.7. The molecule has 0 spiro atoms. The lowest BCUT2D eigenvalue weighted by Gasteiger charge is -2.22. The Bertz CT molecular complexity index is 968.